The molecule has 0 atom stereocenters. The van der Waals surface area contributed by atoms with Crippen molar-refractivity contribution in [3.8, 4) is 0 Å². The zero-order valence-electron chi connectivity index (χ0n) is 16.7. The van der Waals surface area contributed by atoms with E-state index in [1.807, 2.05) is 4.90 Å². The fraction of sp³-hybridized carbons (Fsp3) is 0.524. The fourth-order valence-corrected chi connectivity index (χ4v) is 4.27. The number of carbonyl (C=O) groups excluding carboxylic acids is 4. The fourth-order valence-electron chi connectivity index (χ4n) is 4.27. The van der Waals surface area contributed by atoms with Crippen molar-refractivity contribution >= 4 is 23.6 Å². The third kappa shape index (κ3) is 3.76. The second-order valence-electron chi connectivity index (χ2n) is 7.94. The van der Waals surface area contributed by atoms with E-state index in [-0.39, 0.29) is 29.2 Å². The lowest BCUT2D eigenvalue weighted by Crippen LogP contribution is -2.41. The first-order valence-electron chi connectivity index (χ1n) is 10.2. The first kappa shape index (κ1) is 19.6. The van der Waals surface area contributed by atoms with Crippen LogP contribution in [0.5, 0.6) is 0 Å². The Morgan fingerprint density at radius 1 is 0.828 bits per heavy atom. The maximum atomic E-state index is 13.0. The summed E-state index contributed by atoms with van der Waals surface area (Å²) in [6.45, 7) is 4.69. The standard InChI is InChI=1S/C21H26N4O4/c1-22-20(28)16-6-5-15(13-17(16)21(22)29)19(27)25-10-4-7-23(11-12-25)14-18(26)24-8-2-3-9-24/h5-6,13H,2-4,7-12,14H2,1H3. The van der Waals surface area contributed by atoms with Crippen molar-refractivity contribution in [3.05, 3.63) is 34.9 Å². The molecule has 0 saturated carbocycles. The Kier molecular flexibility index (Phi) is 5.36. The van der Waals surface area contributed by atoms with Crippen LogP contribution in [0.25, 0.3) is 0 Å². The van der Waals surface area contributed by atoms with E-state index in [2.05, 4.69) is 4.90 Å². The molecule has 2 fully saturated rings. The molecule has 3 heterocycles. The van der Waals surface area contributed by atoms with Crippen molar-refractivity contribution in [1.29, 1.82) is 0 Å². The number of likely N-dealkylation sites (tertiary alicyclic amines) is 1. The SMILES string of the molecule is CN1C(=O)c2ccc(C(=O)N3CCCN(CC(=O)N4CCCC4)CC3)cc2C1=O. The van der Waals surface area contributed by atoms with Gasteiger partial charge in [-0.05, 0) is 37.5 Å². The number of amides is 4. The second-order valence-corrected chi connectivity index (χ2v) is 7.94. The maximum Gasteiger partial charge on any atom is 0.261 e. The lowest BCUT2D eigenvalue weighted by Gasteiger charge is -2.24. The summed E-state index contributed by atoms with van der Waals surface area (Å²) in [4.78, 5) is 56.5. The van der Waals surface area contributed by atoms with E-state index in [0.717, 1.165) is 43.8 Å². The molecule has 0 radical (unpaired) electrons. The topological polar surface area (TPSA) is 81.2 Å². The molecule has 29 heavy (non-hydrogen) atoms. The van der Waals surface area contributed by atoms with E-state index in [4.69, 9.17) is 0 Å². The van der Waals surface area contributed by atoms with Crippen LogP contribution in [-0.4, -0.2) is 96.1 Å². The molecule has 0 aromatic heterocycles. The summed E-state index contributed by atoms with van der Waals surface area (Å²) in [6.07, 6.45) is 2.96. The molecule has 4 amide bonds. The number of benzene rings is 1. The number of nitrogens with zero attached hydrogens (tertiary/aromatic N) is 4. The van der Waals surface area contributed by atoms with E-state index in [1.54, 1.807) is 17.0 Å². The Morgan fingerprint density at radius 2 is 1.52 bits per heavy atom. The van der Waals surface area contributed by atoms with Gasteiger partial charge in [0.2, 0.25) is 5.91 Å². The second kappa shape index (κ2) is 7.94. The molecular formula is C21H26N4O4. The van der Waals surface area contributed by atoms with Gasteiger partial charge in [-0.15, -0.1) is 0 Å². The highest BCUT2D eigenvalue weighted by Crippen LogP contribution is 2.23. The summed E-state index contributed by atoms with van der Waals surface area (Å²) in [6, 6.07) is 4.71. The summed E-state index contributed by atoms with van der Waals surface area (Å²) in [5.41, 5.74) is 1.05. The highest BCUT2D eigenvalue weighted by Gasteiger charge is 2.34. The van der Waals surface area contributed by atoms with Crippen molar-refractivity contribution in [2.24, 2.45) is 0 Å². The van der Waals surface area contributed by atoms with Crippen LogP contribution >= 0.6 is 0 Å². The summed E-state index contributed by atoms with van der Waals surface area (Å²) < 4.78 is 0. The number of hydrogen-bond acceptors (Lipinski definition) is 5. The van der Waals surface area contributed by atoms with Gasteiger partial charge in [0.25, 0.3) is 17.7 Å². The molecule has 8 nitrogen and oxygen atoms in total. The molecule has 1 aromatic rings. The molecule has 0 bridgehead atoms. The molecule has 0 N–H and O–H groups in total. The molecule has 1 aromatic carbocycles. The van der Waals surface area contributed by atoms with Crippen LogP contribution in [0.1, 0.15) is 50.3 Å². The Labute approximate surface area is 170 Å². The Morgan fingerprint density at radius 3 is 2.28 bits per heavy atom. The Hall–Kier alpha value is -2.74. The van der Waals surface area contributed by atoms with Gasteiger partial charge in [-0.3, -0.25) is 29.0 Å². The van der Waals surface area contributed by atoms with Gasteiger partial charge < -0.3 is 9.80 Å². The molecule has 3 aliphatic rings. The molecule has 0 aliphatic carbocycles. The highest BCUT2D eigenvalue weighted by molar-refractivity contribution is 6.21. The first-order chi connectivity index (χ1) is 14.0. The van der Waals surface area contributed by atoms with Crippen LogP contribution in [0.3, 0.4) is 0 Å². The summed E-state index contributed by atoms with van der Waals surface area (Å²) in [5.74, 6) is -0.678. The predicted octanol–water partition coefficient (Wildman–Crippen LogP) is 0.683. The normalized spacial score (nSPS) is 20.2. The quantitative estimate of drug-likeness (QED) is 0.700. The highest BCUT2D eigenvalue weighted by atomic mass is 16.2. The molecule has 2 saturated heterocycles. The van der Waals surface area contributed by atoms with E-state index < -0.39 is 0 Å². The first-order valence-corrected chi connectivity index (χ1v) is 10.2. The zero-order chi connectivity index (χ0) is 20.5. The van der Waals surface area contributed by atoms with Crippen molar-refractivity contribution < 1.29 is 19.2 Å². The van der Waals surface area contributed by atoms with Gasteiger partial charge >= 0.3 is 0 Å². The van der Waals surface area contributed by atoms with Crippen LogP contribution in [0.2, 0.25) is 0 Å². The molecular weight excluding hydrogens is 372 g/mol. The smallest absolute Gasteiger partial charge is 0.261 e. The molecule has 0 spiro atoms. The van der Waals surface area contributed by atoms with Gasteiger partial charge in [0, 0.05) is 51.9 Å². The molecule has 8 heteroatoms. The average molecular weight is 398 g/mol. The van der Waals surface area contributed by atoms with Crippen LogP contribution < -0.4 is 0 Å². The minimum atomic E-state index is -0.373. The van der Waals surface area contributed by atoms with Gasteiger partial charge in [-0.2, -0.15) is 0 Å². The maximum absolute atomic E-state index is 13.0. The van der Waals surface area contributed by atoms with E-state index in [9.17, 15) is 19.2 Å². The summed E-state index contributed by atoms with van der Waals surface area (Å²) in [7, 11) is 1.44. The van der Waals surface area contributed by atoms with Crippen molar-refractivity contribution in [1.82, 2.24) is 19.6 Å². The molecule has 154 valence electrons. The van der Waals surface area contributed by atoms with Crippen molar-refractivity contribution in [2.45, 2.75) is 19.3 Å². The van der Waals surface area contributed by atoms with Crippen LogP contribution in [0.15, 0.2) is 18.2 Å². The monoisotopic (exact) mass is 398 g/mol. The lowest BCUT2D eigenvalue weighted by molar-refractivity contribution is -0.131. The molecule has 4 rings (SSSR count). The van der Waals surface area contributed by atoms with Gasteiger partial charge in [-0.1, -0.05) is 0 Å². The number of fused-ring (bicyclic) bond motifs is 1. The number of hydrogen-bond donors (Lipinski definition) is 0. The van der Waals surface area contributed by atoms with Crippen molar-refractivity contribution in [3.63, 3.8) is 0 Å². The number of rotatable bonds is 3. The Bertz CT molecular complexity index is 862. The van der Waals surface area contributed by atoms with Crippen molar-refractivity contribution in [2.75, 3.05) is 52.9 Å². The number of carbonyl (C=O) groups is 4. The lowest BCUT2D eigenvalue weighted by atomic mass is 10.0. The van der Waals surface area contributed by atoms with Gasteiger partial charge in [0.05, 0.1) is 17.7 Å². The van der Waals surface area contributed by atoms with Crippen LogP contribution in [0, 0.1) is 0 Å². The van der Waals surface area contributed by atoms with E-state index in [0.29, 0.717) is 37.3 Å². The third-order valence-electron chi connectivity index (χ3n) is 6.03. The largest absolute Gasteiger partial charge is 0.342 e. The minimum absolute atomic E-state index is 0.143. The average Bonchev–Trinajstić information content (AvgIpc) is 3.26. The van der Waals surface area contributed by atoms with Gasteiger partial charge in [0.15, 0.2) is 0 Å². The van der Waals surface area contributed by atoms with Crippen LogP contribution in [-0.2, 0) is 4.79 Å². The Balaban J connectivity index is 1.39. The van der Waals surface area contributed by atoms with Gasteiger partial charge in [-0.25, -0.2) is 0 Å². The zero-order valence-corrected chi connectivity index (χ0v) is 16.7. The van der Waals surface area contributed by atoms with Crippen LogP contribution in [0.4, 0.5) is 0 Å². The summed E-state index contributed by atoms with van der Waals surface area (Å²) in [5, 5.41) is 0. The summed E-state index contributed by atoms with van der Waals surface area (Å²) >= 11 is 0. The van der Waals surface area contributed by atoms with E-state index >= 15 is 0 Å². The number of imide groups is 1. The van der Waals surface area contributed by atoms with E-state index in [1.165, 1.54) is 13.1 Å². The molecule has 0 unspecified atom stereocenters. The van der Waals surface area contributed by atoms with Gasteiger partial charge in [0.1, 0.15) is 0 Å². The minimum Gasteiger partial charge on any atom is -0.342 e. The predicted molar refractivity (Wildman–Crippen MR) is 106 cm³/mol. The molecule has 3 aliphatic heterocycles. The third-order valence-corrected chi connectivity index (χ3v) is 6.03.